The number of nitrogens with one attached hydrogen (secondary N) is 1. The molecule has 0 saturated carbocycles. The SMILES string of the molecule is O=C(NC1(C(=O)O)CCOCC1)c1nn(-c2ccccc2F)c2c1CCC2. The number of aliphatic carboxylic acids is 1. The van der Waals surface area contributed by atoms with Crippen molar-refractivity contribution in [1.29, 1.82) is 0 Å². The molecule has 7 nitrogen and oxygen atoms in total. The fraction of sp³-hybridized carbons (Fsp3) is 0.421. The lowest BCUT2D eigenvalue weighted by molar-refractivity contribution is -0.148. The van der Waals surface area contributed by atoms with Crippen molar-refractivity contribution in [3.8, 4) is 5.69 Å². The Kier molecular flexibility index (Phi) is 4.43. The molecule has 0 atom stereocenters. The molecular weight excluding hydrogens is 353 g/mol. The van der Waals surface area contributed by atoms with Gasteiger partial charge in [0.2, 0.25) is 0 Å². The largest absolute Gasteiger partial charge is 0.480 e. The molecule has 27 heavy (non-hydrogen) atoms. The summed E-state index contributed by atoms with van der Waals surface area (Å²) in [5.41, 5.74) is 0.680. The first-order chi connectivity index (χ1) is 13.0. The number of carbonyl (C=O) groups excluding carboxylic acids is 1. The van der Waals surface area contributed by atoms with Crippen molar-refractivity contribution in [2.24, 2.45) is 0 Å². The van der Waals surface area contributed by atoms with Crippen LogP contribution in [0.3, 0.4) is 0 Å². The molecule has 4 rings (SSSR count). The third kappa shape index (κ3) is 2.99. The topological polar surface area (TPSA) is 93.5 Å². The highest BCUT2D eigenvalue weighted by molar-refractivity contribution is 5.98. The second-order valence-electron chi connectivity index (χ2n) is 6.94. The van der Waals surface area contributed by atoms with E-state index in [1.54, 1.807) is 18.2 Å². The first-order valence-corrected chi connectivity index (χ1v) is 9.01. The van der Waals surface area contributed by atoms with Gasteiger partial charge in [0.25, 0.3) is 5.91 Å². The van der Waals surface area contributed by atoms with Gasteiger partial charge in [-0.2, -0.15) is 5.10 Å². The molecule has 1 fully saturated rings. The predicted octanol–water partition coefficient (Wildman–Crippen LogP) is 1.86. The van der Waals surface area contributed by atoms with Crippen LogP contribution in [0.2, 0.25) is 0 Å². The van der Waals surface area contributed by atoms with Crippen LogP contribution < -0.4 is 5.32 Å². The molecule has 1 saturated heterocycles. The number of rotatable bonds is 4. The predicted molar refractivity (Wildman–Crippen MR) is 93.4 cm³/mol. The van der Waals surface area contributed by atoms with E-state index in [1.807, 2.05) is 0 Å². The molecule has 2 N–H and O–H groups in total. The minimum atomic E-state index is -1.36. The number of fused-ring (bicyclic) bond motifs is 1. The maximum Gasteiger partial charge on any atom is 0.329 e. The average Bonchev–Trinajstić information content (AvgIpc) is 3.25. The van der Waals surface area contributed by atoms with Gasteiger partial charge in [0, 0.05) is 37.3 Å². The van der Waals surface area contributed by atoms with Gasteiger partial charge in [0.15, 0.2) is 5.69 Å². The number of hydrogen-bond acceptors (Lipinski definition) is 4. The third-order valence-electron chi connectivity index (χ3n) is 5.33. The molecule has 0 bridgehead atoms. The zero-order valence-electron chi connectivity index (χ0n) is 14.7. The number of ether oxygens (including phenoxy) is 1. The van der Waals surface area contributed by atoms with Gasteiger partial charge in [0.05, 0.1) is 0 Å². The van der Waals surface area contributed by atoms with E-state index in [2.05, 4.69) is 10.4 Å². The van der Waals surface area contributed by atoms with Crippen LogP contribution in [0, 0.1) is 5.82 Å². The molecule has 142 valence electrons. The third-order valence-corrected chi connectivity index (χ3v) is 5.33. The number of carbonyl (C=O) groups is 2. The number of carboxylic acid groups (broad SMARTS) is 1. The van der Waals surface area contributed by atoms with Crippen LogP contribution in [-0.4, -0.2) is 45.5 Å². The van der Waals surface area contributed by atoms with Crippen molar-refractivity contribution in [2.75, 3.05) is 13.2 Å². The standard InChI is InChI=1S/C19H20FN3O4/c20-13-5-1-2-6-15(13)23-14-7-3-4-12(14)16(22-23)17(24)21-19(18(25)26)8-10-27-11-9-19/h1-2,5-6H,3-4,7-11H2,(H,21,24)(H,25,26). The summed E-state index contributed by atoms with van der Waals surface area (Å²) in [4.78, 5) is 24.7. The van der Waals surface area contributed by atoms with Crippen molar-refractivity contribution in [3.63, 3.8) is 0 Å². The number of nitrogens with zero attached hydrogens (tertiary/aromatic N) is 2. The summed E-state index contributed by atoms with van der Waals surface area (Å²) in [5.74, 6) is -2.04. The number of para-hydroxylation sites is 1. The Hall–Kier alpha value is -2.74. The van der Waals surface area contributed by atoms with E-state index >= 15 is 0 Å². The summed E-state index contributed by atoms with van der Waals surface area (Å²) in [6.07, 6.45) is 2.60. The molecule has 1 amide bonds. The molecule has 1 aliphatic carbocycles. The number of amides is 1. The van der Waals surface area contributed by atoms with E-state index in [0.717, 1.165) is 17.7 Å². The van der Waals surface area contributed by atoms with Crippen molar-refractivity contribution >= 4 is 11.9 Å². The molecule has 0 unspecified atom stereocenters. The molecule has 2 aromatic rings. The molecule has 1 aromatic carbocycles. The highest BCUT2D eigenvalue weighted by Gasteiger charge is 2.43. The lowest BCUT2D eigenvalue weighted by atomic mass is 9.90. The zero-order valence-corrected chi connectivity index (χ0v) is 14.7. The van der Waals surface area contributed by atoms with E-state index in [9.17, 15) is 19.1 Å². The van der Waals surface area contributed by atoms with Crippen molar-refractivity contribution in [3.05, 3.63) is 47.0 Å². The summed E-state index contributed by atoms with van der Waals surface area (Å²) in [5, 5.41) is 16.7. The lowest BCUT2D eigenvalue weighted by Crippen LogP contribution is -2.57. The molecule has 0 radical (unpaired) electrons. The second kappa shape index (κ2) is 6.77. The quantitative estimate of drug-likeness (QED) is 0.853. The Bertz CT molecular complexity index is 902. The maximum absolute atomic E-state index is 14.2. The Balaban J connectivity index is 1.70. The van der Waals surface area contributed by atoms with E-state index < -0.39 is 23.2 Å². The van der Waals surface area contributed by atoms with Crippen LogP contribution >= 0.6 is 0 Å². The van der Waals surface area contributed by atoms with Gasteiger partial charge in [0.1, 0.15) is 17.0 Å². The van der Waals surface area contributed by atoms with Gasteiger partial charge >= 0.3 is 5.97 Å². The van der Waals surface area contributed by atoms with Gasteiger partial charge in [-0.15, -0.1) is 0 Å². The van der Waals surface area contributed by atoms with Crippen molar-refractivity contribution in [1.82, 2.24) is 15.1 Å². The Morgan fingerprint density at radius 3 is 2.67 bits per heavy atom. The lowest BCUT2D eigenvalue weighted by Gasteiger charge is -2.33. The van der Waals surface area contributed by atoms with E-state index in [0.29, 0.717) is 12.8 Å². The Labute approximate surface area is 155 Å². The van der Waals surface area contributed by atoms with E-state index in [-0.39, 0.29) is 37.4 Å². The molecule has 2 aliphatic rings. The van der Waals surface area contributed by atoms with E-state index in [4.69, 9.17) is 4.74 Å². The number of hydrogen-bond donors (Lipinski definition) is 2. The minimum absolute atomic E-state index is 0.179. The molecular formula is C19H20FN3O4. The van der Waals surface area contributed by atoms with Crippen LogP contribution in [0.1, 0.15) is 41.0 Å². The van der Waals surface area contributed by atoms with Gasteiger partial charge < -0.3 is 15.2 Å². The van der Waals surface area contributed by atoms with Crippen LogP contribution in [0.5, 0.6) is 0 Å². The fourth-order valence-electron chi connectivity index (χ4n) is 3.83. The summed E-state index contributed by atoms with van der Waals surface area (Å²) in [6.45, 7) is 0.544. The normalized spacial score (nSPS) is 18.1. The summed E-state index contributed by atoms with van der Waals surface area (Å²) in [7, 11) is 0. The fourth-order valence-corrected chi connectivity index (χ4v) is 3.83. The smallest absolute Gasteiger partial charge is 0.329 e. The van der Waals surface area contributed by atoms with Crippen LogP contribution in [0.4, 0.5) is 4.39 Å². The molecule has 8 heteroatoms. The maximum atomic E-state index is 14.2. The minimum Gasteiger partial charge on any atom is -0.480 e. The Morgan fingerprint density at radius 2 is 1.96 bits per heavy atom. The van der Waals surface area contributed by atoms with Crippen molar-refractivity contribution < 1.29 is 23.8 Å². The average molecular weight is 373 g/mol. The Morgan fingerprint density at radius 1 is 1.22 bits per heavy atom. The highest BCUT2D eigenvalue weighted by atomic mass is 19.1. The van der Waals surface area contributed by atoms with Gasteiger partial charge in [-0.1, -0.05) is 12.1 Å². The van der Waals surface area contributed by atoms with Crippen LogP contribution in [-0.2, 0) is 22.4 Å². The summed E-state index contributed by atoms with van der Waals surface area (Å²) < 4.78 is 21.0. The second-order valence-corrected chi connectivity index (χ2v) is 6.94. The van der Waals surface area contributed by atoms with Crippen LogP contribution in [0.25, 0.3) is 5.69 Å². The van der Waals surface area contributed by atoms with Crippen molar-refractivity contribution in [2.45, 2.75) is 37.6 Å². The molecule has 0 spiro atoms. The van der Waals surface area contributed by atoms with Gasteiger partial charge in [-0.25, -0.2) is 13.9 Å². The van der Waals surface area contributed by atoms with Gasteiger partial charge in [-0.05, 0) is 31.4 Å². The molecule has 1 aromatic heterocycles. The summed E-state index contributed by atoms with van der Waals surface area (Å²) in [6, 6.07) is 6.26. The number of benzene rings is 1. The monoisotopic (exact) mass is 373 g/mol. The van der Waals surface area contributed by atoms with Crippen LogP contribution in [0.15, 0.2) is 24.3 Å². The molecule has 1 aliphatic heterocycles. The highest BCUT2D eigenvalue weighted by Crippen LogP contribution is 2.29. The first kappa shape index (κ1) is 17.7. The number of aromatic nitrogens is 2. The van der Waals surface area contributed by atoms with Gasteiger partial charge in [-0.3, -0.25) is 4.79 Å². The molecule has 2 heterocycles. The number of halogens is 1. The summed E-state index contributed by atoms with van der Waals surface area (Å²) >= 11 is 0. The zero-order chi connectivity index (χ0) is 19.0. The first-order valence-electron chi connectivity index (χ1n) is 9.01. The number of carboxylic acids is 1. The van der Waals surface area contributed by atoms with E-state index in [1.165, 1.54) is 10.7 Å².